The number of aromatic carboxylic acids is 1. The molecular formula is C19H14Cl2NO2-. The molecule has 2 aliphatic rings. The maximum absolute atomic E-state index is 10.9. The molecule has 5 heteroatoms. The lowest BCUT2D eigenvalue weighted by molar-refractivity contribution is -0.255. The summed E-state index contributed by atoms with van der Waals surface area (Å²) in [5, 5.41) is 15.7. The van der Waals surface area contributed by atoms with Gasteiger partial charge in [0.2, 0.25) is 0 Å². The number of carbonyl (C=O) groups excluding carboxylic acids is 1. The summed E-state index contributed by atoms with van der Waals surface area (Å²) in [7, 11) is 0. The Morgan fingerprint density at radius 2 is 1.92 bits per heavy atom. The first-order chi connectivity index (χ1) is 11.5. The molecule has 1 heterocycles. The van der Waals surface area contributed by atoms with Crippen molar-refractivity contribution in [2.75, 3.05) is 5.32 Å². The molecule has 4 rings (SSSR count). The molecule has 1 aliphatic heterocycles. The van der Waals surface area contributed by atoms with Gasteiger partial charge < -0.3 is 15.2 Å². The van der Waals surface area contributed by atoms with Crippen LogP contribution in [0.2, 0.25) is 10.0 Å². The van der Waals surface area contributed by atoms with E-state index in [2.05, 4.69) is 17.5 Å². The average molecular weight is 359 g/mol. The van der Waals surface area contributed by atoms with Gasteiger partial charge in [-0.1, -0.05) is 59.6 Å². The standard InChI is InChI=1S/C19H15Cl2NO2/c20-12-8-15-13-2-1-3-14(13)17(22-18(15)16(21)9-12)10-4-6-11(7-5-10)19(23)24/h1-2,4-9,13-14,17,22H,3H2,(H,23,24)/p-1/t13-,14-,17-/m1/s1. The number of carbonyl (C=O) groups is 1. The minimum Gasteiger partial charge on any atom is -0.545 e. The van der Waals surface area contributed by atoms with E-state index in [-0.39, 0.29) is 17.5 Å². The predicted octanol–water partition coefficient (Wildman–Crippen LogP) is 4.18. The molecule has 3 atom stereocenters. The number of hydrogen-bond acceptors (Lipinski definition) is 3. The number of benzene rings is 2. The lowest BCUT2D eigenvalue weighted by Crippen LogP contribution is -2.29. The van der Waals surface area contributed by atoms with Gasteiger partial charge in [0.1, 0.15) is 0 Å². The molecule has 0 unspecified atom stereocenters. The summed E-state index contributed by atoms with van der Waals surface area (Å²) in [5.41, 5.74) is 3.24. The van der Waals surface area contributed by atoms with E-state index in [1.54, 1.807) is 18.2 Å². The first kappa shape index (κ1) is 15.6. The van der Waals surface area contributed by atoms with Crippen molar-refractivity contribution in [3.05, 3.63) is 75.3 Å². The van der Waals surface area contributed by atoms with Crippen LogP contribution in [0.1, 0.15) is 39.9 Å². The topological polar surface area (TPSA) is 52.2 Å². The summed E-state index contributed by atoms with van der Waals surface area (Å²) < 4.78 is 0. The SMILES string of the molecule is O=C([O-])c1ccc([C@H]2Nc3c(Cl)cc(Cl)cc3[C@@H]3C=CC[C@@H]23)cc1. The summed E-state index contributed by atoms with van der Waals surface area (Å²) in [4.78, 5) is 10.9. The van der Waals surface area contributed by atoms with Crippen LogP contribution in [0.25, 0.3) is 0 Å². The van der Waals surface area contributed by atoms with Crippen LogP contribution in [0.3, 0.4) is 0 Å². The lowest BCUT2D eigenvalue weighted by Gasteiger charge is -2.38. The molecule has 0 radical (unpaired) electrons. The maximum atomic E-state index is 10.9. The predicted molar refractivity (Wildman–Crippen MR) is 93.6 cm³/mol. The van der Waals surface area contributed by atoms with E-state index < -0.39 is 5.97 Å². The highest BCUT2D eigenvalue weighted by molar-refractivity contribution is 6.36. The Balaban J connectivity index is 1.76. The van der Waals surface area contributed by atoms with Gasteiger partial charge in [-0.3, -0.25) is 0 Å². The number of carboxylic acid groups (broad SMARTS) is 1. The Kier molecular flexibility index (Phi) is 3.78. The normalized spacial score (nSPS) is 24.2. The van der Waals surface area contributed by atoms with Crippen LogP contribution in [0.5, 0.6) is 0 Å². The van der Waals surface area contributed by atoms with Gasteiger partial charge in [0.15, 0.2) is 0 Å². The second-order valence-electron chi connectivity index (χ2n) is 6.24. The lowest BCUT2D eigenvalue weighted by atomic mass is 9.77. The van der Waals surface area contributed by atoms with Crippen molar-refractivity contribution in [1.29, 1.82) is 0 Å². The fraction of sp³-hybridized carbons (Fsp3) is 0.211. The minimum atomic E-state index is -1.17. The highest BCUT2D eigenvalue weighted by Gasteiger charge is 2.38. The minimum absolute atomic E-state index is 0.0620. The van der Waals surface area contributed by atoms with Crippen LogP contribution in [0.4, 0.5) is 5.69 Å². The van der Waals surface area contributed by atoms with E-state index in [0.29, 0.717) is 16.0 Å². The molecule has 0 spiro atoms. The van der Waals surface area contributed by atoms with E-state index in [0.717, 1.165) is 23.2 Å². The molecule has 3 nitrogen and oxygen atoms in total. The smallest absolute Gasteiger partial charge is 0.0715 e. The van der Waals surface area contributed by atoms with Gasteiger partial charge >= 0.3 is 0 Å². The van der Waals surface area contributed by atoms with E-state index in [4.69, 9.17) is 23.2 Å². The average Bonchev–Trinajstić information content (AvgIpc) is 3.04. The summed E-state index contributed by atoms with van der Waals surface area (Å²) in [6, 6.07) is 10.6. The third-order valence-electron chi connectivity index (χ3n) is 4.89. The number of fused-ring (bicyclic) bond motifs is 3. The zero-order valence-electron chi connectivity index (χ0n) is 12.6. The molecule has 0 saturated heterocycles. The van der Waals surface area contributed by atoms with Crippen molar-refractivity contribution < 1.29 is 9.90 Å². The van der Waals surface area contributed by atoms with Crippen LogP contribution in [0.15, 0.2) is 48.6 Å². The molecule has 0 saturated carbocycles. The molecule has 1 aliphatic carbocycles. The van der Waals surface area contributed by atoms with Gasteiger partial charge in [0, 0.05) is 10.9 Å². The molecule has 2 aromatic rings. The second-order valence-corrected chi connectivity index (χ2v) is 7.08. The first-order valence-electron chi connectivity index (χ1n) is 7.78. The Morgan fingerprint density at radius 1 is 1.17 bits per heavy atom. The van der Waals surface area contributed by atoms with Crippen molar-refractivity contribution in [3.8, 4) is 0 Å². The van der Waals surface area contributed by atoms with Crippen LogP contribution in [0, 0.1) is 5.92 Å². The summed E-state index contributed by atoms with van der Waals surface area (Å²) in [6.45, 7) is 0. The third-order valence-corrected chi connectivity index (χ3v) is 5.41. The fourth-order valence-electron chi connectivity index (χ4n) is 3.78. The van der Waals surface area contributed by atoms with Crippen molar-refractivity contribution in [2.45, 2.75) is 18.4 Å². The Bertz CT molecular complexity index is 845. The molecule has 122 valence electrons. The fourth-order valence-corrected chi connectivity index (χ4v) is 4.34. The van der Waals surface area contributed by atoms with Crippen LogP contribution < -0.4 is 10.4 Å². The molecule has 0 fully saturated rings. The summed E-state index contributed by atoms with van der Waals surface area (Å²) in [6.07, 6.45) is 5.34. The first-order valence-corrected chi connectivity index (χ1v) is 8.53. The molecule has 0 amide bonds. The van der Waals surface area contributed by atoms with E-state index >= 15 is 0 Å². The largest absolute Gasteiger partial charge is 0.545 e. The number of carboxylic acids is 1. The maximum Gasteiger partial charge on any atom is 0.0715 e. The number of halogens is 2. The van der Waals surface area contributed by atoms with Gasteiger partial charge in [-0.2, -0.15) is 0 Å². The monoisotopic (exact) mass is 358 g/mol. The van der Waals surface area contributed by atoms with Gasteiger partial charge in [0.05, 0.1) is 22.7 Å². The summed E-state index contributed by atoms with van der Waals surface area (Å²) in [5.74, 6) is -0.564. The molecule has 24 heavy (non-hydrogen) atoms. The van der Waals surface area contributed by atoms with Gasteiger partial charge in [-0.25, -0.2) is 0 Å². The molecule has 0 bridgehead atoms. The highest BCUT2D eigenvalue weighted by Crippen LogP contribution is 2.52. The quantitative estimate of drug-likeness (QED) is 0.819. The highest BCUT2D eigenvalue weighted by atomic mass is 35.5. The van der Waals surface area contributed by atoms with Crippen molar-refractivity contribution >= 4 is 34.9 Å². The Morgan fingerprint density at radius 3 is 2.62 bits per heavy atom. The van der Waals surface area contributed by atoms with Crippen LogP contribution in [-0.2, 0) is 0 Å². The number of nitrogens with one attached hydrogen (secondary N) is 1. The Hall–Kier alpha value is -1.97. The van der Waals surface area contributed by atoms with Crippen LogP contribution >= 0.6 is 23.2 Å². The molecule has 2 aromatic carbocycles. The van der Waals surface area contributed by atoms with Crippen molar-refractivity contribution in [1.82, 2.24) is 0 Å². The Labute approximate surface area is 149 Å². The van der Waals surface area contributed by atoms with E-state index in [1.165, 1.54) is 0 Å². The van der Waals surface area contributed by atoms with E-state index in [9.17, 15) is 9.90 Å². The van der Waals surface area contributed by atoms with Gasteiger partial charge in [-0.15, -0.1) is 0 Å². The zero-order valence-corrected chi connectivity index (χ0v) is 14.1. The number of allylic oxidation sites excluding steroid dienone is 2. The van der Waals surface area contributed by atoms with E-state index in [1.807, 2.05) is 18.2 Å². The second kappa shape index (κ2) is 5.83. The van der Waals surface area contributed by atoms with Crippen molar-refractivity contribution in [3.63, 3.8) is 0 Å². The molecule has 0 aromatic heterocycles. The summed E-state index contributed by atoms with van der Waals surface area (Å²) >= 11 is 12.6. The van der Waals surface area contributed by atoms with Crippen molar-refractivity contribution in [2.24, 2.45) is 5.92 Å². The molecular weight excluding hydrogens is 345 g/mol. The molecule has 1 N–H and O–H groups in total. The number of anilines is 1. The van der Waals surface area contributed by atoms with Gasteiger partial charge in [0.25, 0.3) is 0 Å². The van der Waals surface area contributed by atoms with Gasteiger partial charge in [-0.05, 0) is 41.2 Å². The number of hydrogen-bond donors (Lipinski definition) is 1. The van der Waals surface area contributed by atoms with Crippen LogP contribution in [-0.4, -0.2) is 5.97 Å². The number of rotatable bonds is 2. The third kappa shape index (κ3) is 2.48. The zero-order chi connectivity index (χ0) is 16.8.